The summed E-state index contributed by atoms with van der Waals surface area (Å²) in [5.41, 5.74) is 0.706. The summed E-state index contributed by atoms with van der Waals surface area (Å²) < 4.78 is 0. The number of nitrogens with one attached hydrogen (secondary N) is 1. The predicted octanol–water partition coefficient (Wildman–Crippen LogP) is 4.89. The van der Waals surface area contributed by atoms with Gasteiger partial charge in [-0.1, -0.05) is 67.5 Å². The number of carbonyl (C=O) groups excluding carboxylic acids is 1. The van der Waals surface area contributed by atoms with Crippen molar-refractivity contribution in [3.63, 3.8) is 0 Å². The molecule has 0 aliphatic carbocycles. The Labute approximate surface area is 181 Å². The average molecular weight is 436 g/mol. The zero-order valence-corrected chi connectivity index (χ0v) is 18.5. The van der Waals surface area contributed by atoms with Crippen LogP contribution in [0.5, 0.6) is 0 Å². The zero-order chi connectivity index (χ0) is 20.5. The fourth-order valence-corrected chi connectivity index (χ4v) is 4.17. The SMILES string of the molecule is CC1(NC(=O)c2cccc(Cl)n2)CCN(CC(C)(C)c2cccc(Cl)c2)C1=S. The van der Waals surface area contributed by atoms with Crippen molar-refractivity contribution in [3.8, 4) is 0 Å². The summed E-state index contributed by atoms with van der Waals surface area (Å²) in [6.07, 6.45) is 0.740. The first kappa shape index (κ1) is 21.0. The lowest BCUT2D eigenvalue weighted by Gasteiger charge is -2.34. The van der Waals surface area contributed by atoms with Crippen molar-refractivity contribution in [2.75, 3.05) is 13.1 Å². The monoisotopic (exact) mass is 435 g/mol. The van der Waals surface area contributed by atoms with Gasteiger partial charge >= 0.3 is 0 Å². The van der Waals surface area contributed by atoms with E-state index in [9.17, 15) is 4.79 Å². The van der Waals surface area contributed by atoms with Crippen LogP contribution in [-0.4, -0.2) is 39.4 Å². The first-order valence-electron chi connectivity index (χ1n) is 9.11. The van der Waals surface area contributed by atoms with Gasteiger partial charge in [-0.2, -0.15) is 0 Å². The smallest absolute Gasteiger partial charge is 0.270 e. The molecule has 2 heterocycles. The van der Waals surface area contributed by atoms with Gasteiger partial charge in [0.15, 0.2) is 0 Å². The van der Waals surface area contributed by atoms with E-state index in [4.69, 9.17) is 35.4 Å². The van der Waals surface area contributed by atoms with Crippen LogP contribution in [0.2, 0.25) is 10.2 Å². The Morgan fingerprint density at radius 1 is 1.29 bits per heavy atom. The standard InChI is InChI=1S/C21H23Cl2N3OS/c1-20(2,14-6-4-7-15(22)12-14)13-26-11-10-21(3,19(26)28)25-18(27)16-8-5-9-17(23)24-16/h4-9,12H,10-11,13H2,1-3H3,(H,25,27). The molecule has 3 rings (SSSR count). The first-order chi connectivity index (χ1) is 13.1. The summed E-state index contributed by atoms with van der Waals surface area (Å²) in [5, 5.41) is 4.06. The molecule has 1 atom stereocenters. The molecule has 1 aliphatic rings. The van der Waals surface area contributed by atoms with Crippen molar-refractivity contribution < 1.29 is 4.79 Å². The van der Waals surface area contributed by atoms with Crippen LogP contribution in [0.25, 0.3) is 0 Å². The highest BCUT2D eigenvalue weighted by Crippen LogP contribution is 2.31. The predicted molar refractivity (Wildman–Crippen MR) is 118 cm³/mol. The molecule has 0 saturated carbocycles. The highest BCUT2D eigenvalue weighted by atomic mass is 35.5. The Kier molecular flexibility index (Phi) is 5.99. The number of hydrogen-bond acceptors (Lipinski definition) is 3. The number of thiocarbonyl (C=S) groups is 1. The second kappa shape index (κ2) is 7.97. The second-order valence-electron chi connectivity index (χ2n) is 8.00. The third-order valence-corrected chi connectivity index (χ3v) is 6.32. The van der Waals surface area contributed by atoms with Crippen molar-refractivity contribution in [2.45, 2.75) is 38.1 Å². The van der Waals surface area contributed by atoms with Crippen molar-refractivity contribution >= 4 is 46.3 Å². The van der Waals surface area contributed by atoms with Gasteiger partial charge < -0.3 is 10.2 Å². The van der Waals surface area contributed by atoms with E-state index in [0.29, 0.717) is 0 Å². The van der Waals surface area contributed by atoms with Gasteiger partial charge in [0.2, 0.25) is 0 Å². The molecule has 1 N–H and O–H groups in total. The maximum Gasteiger partial charge on any atom is 0.270 e. The topological polar surface area (TPSA) is 45.2 Å². The molecule has 1 aromatic heterocycles. The third-order valence-electron chi connectivity index (χ3n) is 5.17. The Bertz CT molecular complexity index is 918. The fourth-order valence-electron chi connectivity index (χ4n) is 3.51. The van der Waals surface area contributed by atoms with Crippen molar-refractivity contribution in [1.82, 2.24) is 15.2 Å². The number of nitrogens with zero attached hydrogens (tertiary/aromatic N) is 2. The lowest BCUT2D eigenvalue weighted by Crippen LogP contribution is -2.52. The Hall–Kier alpha value is -1.69. The van der Waals surface area contributed by atoms with Gasteiger partial charge in [0, 0.05) is 23.5 Å². The highest BCUT2D eigenvalue weighted by molar-refractivity contribution is 7.80. The normalized spacial score (nSPS) is 19.8. The van der Waals surface area contributed by atoms with Crippen molar-refractivity contribution in [2.24, 2.45) is 0 Å². The quantitative estimate of drug-likeness (QED) is 0.536. The minimum atomic E-state index is -0.596. The number of pyridine rings is 1. The van der Waals surface area contributed by atoms with E-state index < -0.39 is 5.54 Å². The first-order valence-corrected chi connectivity index (χ1v) is 10.3. The van der Waals surface area contributed by atoms with Crippen LogP contribution in [0.15, 0.2) is 42.5 Å². The van der Waals surface area contributed by atoms with E-state index in [-0.39, 0.29) is 22.2 Å². The van der Waals surface area contributed by atoms with E-state index in [1.807, 2.05) is 25.1 Å². The number of carbonyl (C=O) groups is 1. The molecule has 0 radical (unpaired) electrons. The van der Waals surface area contributed by atoms with Crippen LogP contribution in [-0.2, 0) is 5.41 Å². The zero-order valence-electron chi connectivity index (χ0n) is 16.1. The molecule has 0 bridgehead atoms. The second-order valence-corrected chi connectivity index (χ2v) is 9.21. The minimum absolute atomic E-state index is 0.140. The number of rotatable bonds is 5. The minimum Gasteiger partial charge on any atom is -0.363 e. The van der Waals surface area contributed by atoms with Gasteiger partial charge in [-0.05, 0) is 43.2 Å². The average Bonchev–Trinajstić information content (AvgIpc) is 2.89. The fraction of sp³-hybridized carbons (Fsp3) is 0.381. The highest BCUT2D eigenvalue weighted by Gasteiger charge is 2.42. The van der Waals surface area contributed by atoms with Gasteiger partial charge in [0.25, 0.3) is 5.91 Å². The molecular weight excluding hydrogens is 413 g/mol. The largest absolute Gasteiger partial charge is 0.363 e. The van der Waals surface area contributed by atoms with Gasteiger partial charge in [0.1, 0.15) is 15.8 Å². The molecule has 1 unspecified atom stereocenters. The molecule has 1 saturated heterocycles. The van der Waals surface area contributed by atoms with Gasteiger partial charge in [-0.3, -0.25) is 4.79 Å². The number of aromatic nitrogens is 1. The van der Waals surface area contributed by atoms with Crippen molar-refractivity contribution in [1.29, 1.82) is 0 Å². The van der Waals surface area contributed by atoms with E-state index in [2.05, 4.69) is 35.1 Å². The molecule has 7 heteroatoms. The van der Waals surface area contributed by atoms with Crippen molar-refractivity contribution in [3.05, 3.63) is 63.9 Å². The molecule has 1 fully saturated rings. The van der Waals surface area contributed by atoms with E-state index in [1.165, 1.54) is 0 Å². The van der Waals surface area contributed by atoms with Crippen LogP contribution >= 0.6 is 35.4 Å². The van der Waals surface area contributed by atoms with Crippen LogP contribution in [0.4, 0.5) is 0 Å². The van der Waals surface area contributed by atoms with E-state index >= 15 is 0 Å². The number of benzene rings is 1. The van der Waals surface area contributed by atoms with Crippen LogP contribution in [0.1, 0.15) is 43.2 Å². The Morgan fingerprint density at radius 3 is 2.68 bits per heavy atom. The molecule has 1 amide bonds. The number of halogens is 2. The summed E-state index contributed by atoms with van der Waals surface area (Å²) in [6.45, 7) is 7.83. The van der Waals surface area contributed by atoms with Crippen LogP contribution in [0.3, 0.4) is 0 Å². The van der Waals surface area contributed by atoms with Gasteiger partial charge in [0.05, 0.1) is 5.54 Å². The van der Waals surface area contributed by atoms with Gasteiger partial charge in [-0.25, -0.2) is 4.98 Å². The molecule has 4 nitrogen and oxygen atoms in total. The van der Waals surface area contributed by atoms with Gasteiger partial charge in [-0.15, -0.1) is 0 Å². The molecule has 1 aliphatic heterocycles. The maximum atomic E-state index is 12.6. The number of likely N-dealkylation sites (tertiary alicyclic amines) is 1. The summed E-state index contributed by atoms with van der Waals surface area (Å²) in [4.78, 5) is 19.6. The number of amides is 1. The summed E-state index contributed by atoms with van der Waals surface area (Å²) >= 11 is 17.8. The summed E-state index contributed by atoms with van der Waals surface area (Å²) in [6, 6.07) is 12.9. The molecular formula is C21H23Cl2N3OS. The maximum absolute atomic E-state index is 12.6. The van der Waals surface area contributed by atoms with Crippen LogP contribution < -0.4 is 5.32 Å². The summed E-state index contributed by atoms with van der Waals surface area (Å²) in [7, 11) is 0. The van der Waals surface area contributed by atoms with E-state index in [1.54, 1.807) is 18.2 Å². The Balaban J connectivity index is 1.72. The molecule has 2 aromatic rings. The molecule has 1 aromatic carbocycles. The summed E-state index contributed by atoms with van der Waals surface area (Å²) in [5.74, 6) is -0.275. The third kappa shape index (κ3) is 4.48. The lowest BCUT2D eigenvalue weighted by molar-refractivity contribution is 0.0923. The molecule has 0 spiro atoms. The molecule has 28 heavy (non-hydrogen) atoms. The van der Waals surface area contributed by atoms with E-state index in [0.717, 1.165) is 35.1 Å². The lowest BCUT2D eigenvalue weighted by atomic mass is 9.84. The van der Waals surface area contributed by atoms with Crippen LogP contribution in [0, 0.1) is 0 Å². The number of hydrogen-bond donors (Lipinski definition) is 1. The Morgan fingerprint density at radius 2 is 2.00 bits per heavy atom. The molecule has 148 valence electrons.